The first-order chi connectivity index (χ1) is 12.7. The Morgan fingerprint density at radius 3 is 2.59 bits per heavy atom. The molecule has 1 aliphatic heterocycles. The summed E-state index contributed by atoms with van der Waals surface area (Å²) >= 11 is 1.42. The fourth-order valence-corrected chi connectivity index (χ4v) is 3.89. The number of likely N-dealkylation sites (tertiary alicyclic amines) is 1. The third kappa shape index (κ3) is 5.76. The van der Waals surface area contributed by atoms with Gasteiger partial charge in [-0.1, -0.05) is 30.3 Å². The summed E-state index contributed by atoms with van der Waals surface area (Å²) in [4.78, 5) is 31.7. The van der Waals surface area contributed by atoms with Gasteiger partial charge in [-0.15, -0.1) is 23.7 Å². The van der Waals surface area contributed by atoms with E-state index < -0.39 is 6.04 Å². The Morgan fingerprint density at radius 2 is 1.93 bits per heavy atom. The average Bonchev–Trinajstić information content (AvgIpc) is 3.34. The number of aromatic nitrogens is 1. The number of nitrogens with zero attached hydrogens (tertiary/aromatic N) is 2. The van der Waals surface area contributed by atoms with Gasteiger partial charge in [0.15, 0.2) is 0 Å². The number of hydrogen-bond acceptors (Lipinski definition) is 5. The molecule has 1 aromatic carbocycles. The highest BCUT2D eigenvalue weighted by Gasteiger charge is 2.28. The third-order valence-electron chi connectivity index (χ3n) is 4.45. The van der Waals surface area contributed by atoms with E-state index >= 15 is 0 Å². The van der Waals surface area contributed by atoms with Crippen molar-refractivity contribution < 1.29 is 9.59 Å². The molecule has 8 heteroatoms. The molecule has 0 saturated carbocycles. The quantitative estimate of drug-likeness (QED) is 0.733. The molecule has 0 aliphatic carbocycles. The van der Waals surface area contributed by atoms with Crippen molar-refractivity contribution in [2.75, 3.05) is 19.6 Å². The largest absolute Gasteiger partial charge is 0.341 e. The molecule has 146 valence electrons. The maximum atomic E-state index is 12.9. The Kier molecular flexibility index (Phi) is 8.22. The smallest absolute Gasteiger partial charge is 0.271 e. The van der Waals surface area contributed by atoms with Gasteiger partial charge in [-0.2, -0.15) is 0 Å². The highest BCUT2D eigenvalue weighted by Crippen LogP contribution is 2.14. The van der Waals surface area contributed by atoms with Crippen LogP contribution in [0.15, 0.2) is 35.7 Å². The van der Waals surface area contributed by atoms with Gasteiger partial charge >= 0.3 is 0 Å². The highest BCUT2D eigenvalue weighted by molar-refractivity contribution is 7.09. The first-order valence-electron chi connectivity index (χ1n) is 8.95. The lowest BCUT2D eigenvalue weighted by atomic mass is 10.0. The normalized spacial score (nSPS) is 14.5. The second kappa shape index (κ2) is 10.4. The van der Waals surface area contributed by atoms with E-state index in [1.165, 1.54) is 11.3 Å². The molecule has 0 radical (unpaired) electrons. The van der Waals surface area contributed by atoms with Gasteiger partial charge in [0.1, 0.15) is 11.7 Å². The second-order valence-electron chi connectivity index (χ2n) is 6.41. The summed E-state index contributed by atoms with van der Waals surface area (Å²) in [6.45, 7) is 2.02. The molecular formula is C19H25ClN4O2S. The fourth-order valence-electron chi connectivity index (χ4n) is 3.09. The monoisotopic (exact) mass is 408 g/mol. The lowest BCUT2D eigenvalue weighted by Crippen LogP contribution is -2.49. The van der Waals surface area contributed by atoms with Gasteiger partial charge in [-0.05, 0) is 24.9 Å². The number of amides is 2. The highest BCUT2D eigenvalue weighted by atomic mass is 35.5. The molecule has 0 spiro atoms. The number of thiazole rings is 1. The Morgan fingerprint density at radius 1 is 1.22 bits per heavy atom. The Hall–Kier alpha value is -1.96. The number of rotatable bonds is 7. The summed E-state index contributed by atoms with van der Waals surface area (Å²) in [5.74, 6) is -0.324. The Balaban J connectivity index is 0.00000261. The van der Waals surface area contributed by atoms with Crippen molar-refractivity contribution in [2.24, 2.45) is 5.73 Å². The summed E-state index contributed by atoms with van der Waals surface area (Å²) in [5.41, 5.74) is 6.91. The number of benzene rings is 1. The summed E-state index contributed by atoms with van der Waals surface area (Å²) in [5, 5.41) is 5.46. The summed E-state index contributed by atoms with van der Waals surface area (Å²) < 4.78 is 0. The second-order valence-corrected chi connectivity index (χ2v) is 7.36. The van der Waals surface area contributed by atoms with E-state index in [9.17, 15) is 9.59 Å². The van der Waals surface area contributed by atoms with Crippen molar-refractivity contribution in [3.63, 3.8) is 0 Å². The number of nitrogens with two attached hydrogens (primary N) is 1. The predicted molar refractivity (Wildman–Crippen MR) is 109 cm³/mol. The summed E-state index contributed by atoms with van der Waals surface area (Å²) in [6.07, 6.45) is 3.17. The van der Waals surface area contributed by atoms with Crippen LogP contribution in [-0.4, -0.2) is 47.4 Å². The van der Waals surface area contributed by atoms with E-state index in [0.717, 1.165) is 36.5 Å². The number of nitrogens with one attached hydrogen (secondary N) is 1. The lowest BCUT2D eigenvalue weighted by Gasteiger charge is -2.24. The van der Waals surface area contributed by atoms with Crippen molar-refractivity contribution >= 4 is 35.6 Å². The van der Waals surface area contributed by atoms with Gasteiger partial charge in [0, 0.05) is 31.3 Å². The molecule has 1 atom stereocenters. The van der Waals surface area contributed by atoms with Crippen LogP contribution in [0.1, 0.15) is 33.9 Å². The summed E-state index contributed by atoms with van der Waals surface area (Å²) in [6, 6.07) is 9.18. The van der Waals surface area contributed by atoms with Gasteiger partial charge in [0.25, 0.3) is 5.91 Å². The van der Waals surface area contributed by atoms with Gasteiger partial charge in [-0.3, -0.25) is 9.59 Å². The maximum absolute atomic E-state index is 12.9. The van der Waals surface area contributed by atoms with Gasteiger partial charge < -0.3 is 16.0 Å². The van der Waals surface area contributed by atoms with Crippen molar-refractivity contribution in [1.29, 1.82) is 0 Å². The predicted octanol–water partition coefficient (Wildman–Crippen LogP) is 2.03. The number of halogens is 1. The minimum absolute atomic E-state index is 0. The van der Waals surface area contributed by atoms with Crippen LogP contribution in [0.4, 0.5) is 0 Å². The van der Waals surface area contributed by atoms with Crippen molar-refractivity contribution in [1.82, 2.24) is 15.2 Å². The lowest BCUT2D eigenvalue weighted by molar-refractivity contribution is -0.132. The minimum Gasteiger partial charge on any atom is -0.341 e. The first kappa shape index (κ1) is 21.3. The molecule has 1 aliphatic rings. The van der Waals surface area contributed by atoms with Crippen LogP contribution in [0.5, 0.6) is 0 Å². The molecule has 3 N–H and O–H groups in total. The molecule has 2 aromatic rings. The minimum atomic E-state index is -0.581. The number of carbonyl (C=O) groups is 2. The zero-order valence-corrected chi connectivity index (χ0v) is 16.7. The molecule has 1 unspecified atom stereocenters. The van der Waals surface area contributed by atoms with Gasteiger partial charge in [-0.25, -0.2) is 4.98 Å². The van der Waals surface area contributed by atoms with Crippen molar-refractivity contribution in [3.8, 4) is 0 Å². The molecule has 1 fully saturated rings. The fraction of sp³-hybridized carbons (Fsp3) is 0.421. The van der Waals surface area contributed by atoms with Crippen LogP contribution >= 0.6 is 23.7 Å². The molecule has 2 heterocycles. The van der Waals surface area contributed by atoms with E-state index in [-0.39, 0.29) is 24.2 Å². The maximum Gasteiger partial charge on any atom is 0.271 e. The van der Waals surface area contributed by atoms with Crippen LogP contribution in [0, 0.1) is 0 Å². The van der Waals surface area contributed by atoms with Crippen molar-refractivity contribution in [2.45, 2.75) is 31.7 Å². The molecule has 27 heavy (non-hydrogen) atoms. The Labute approximate surface area is 169 Å². The molecule has 3 rings (SSSR count). The molecule has 6 nitrogen and oxygen atoms in total. The molecule has 2 amide bonds. The number of carbonyl (C=O) groups excluding carboxylic acids is 2. The van der Waals surface area contributed by atoms with E-state index in [1.54, 1.807) is 5.38 Å². The zero-order valence-electron chi connectivity index (χ0n) is 15.1. The Bertz CT molecular complexity index is 747. The van der Waals surface area contributed by atoms with Crippen LogP contribution in [0.3, 0.4) is 0 Å². The van der Waals surface area contributed by atoms with Crippen LogP contribution in [0.2, 0.25) is 0 Å². The van der Waals surface area contributed by atoms with Crippen molar-refractivity contribution in [3.05, 3.63) is 52.0 Å². The van der Waals surface area contributed by atoms with E-state index in [1.807, 2.05) is 35.2 Å². The van der Waals surface area contributed by atoms with Crippen LogP contribution < -0.4 is 11.1 Å². The van der Waals surface area contributed by atoms with Crippen LogP contribution in [0.25, 0.3) is 0 Å². The SMILES string of the molecule is Cl.NCCc1nc(C(=O)NC(Cc2ccccc2)C(=O)N2CCCC2)cs1. The topological polar surface area (TPSA) is 88.3 Å². The zero-order chi connectivity index (χ0) is 18.4. The van der Waals surface area contributed by atoms with E-state index in [4.69, 9.17) is 5.73 Å². The first-order valence-corrected chi connectivity index (χ1v) is 9.83. The number of hydrogen-bond donors (Lipinski definition) is 2. The molecule has 1 aromatic heterocycles. The standard InChI is InChI=1S/C19H24N4O2S.ClH/c20-9-8-17-21-16(13-26-17)18(24)22-15(12-14-6-2-1-3-7-14)19(25)23-10-4-5-11-23;/h1-3,6-7,13,15H,4-5,8-12,20H2,(H,22,24);1H. The molecule has 0 bridgehead atoms. The third-order valence-corrected chi connectivity index (χ3v) is 5.35. The summed E-state index contributed by atoms with van der Waals surface area (Å²) in [7, 11) is 0. The van der Waals surface area contributed by atoms with Gasteiger partial charge in [0.2, 0.25) is 5.91 Å². The van der Waals surface area contributed by atoms with E-state index in [2.05, 4.69) is 10.3 Å². The van der Waals surface area contributed by atoms with Gasteiger partial charge in [0.05, 0.1) is 5.01 Å². The average molecular weight is 409 g/mol. The molecule has 1 saturated heterocycles. The van der Waals surface area contributed by atoms with Crippen LogP contribution in [-0.2, 0) is 17.6 Å². The van der Waals surface area contributed by atoms with E-state index in [0.29, 0.717) is 25.1 Å². The molecular weight excluding hydrogens is 384 g/mol.